The zero-order chi connectivity index (χ0) is 16.7. The summed E-state index contributed by atoms with van der Waals surface area (Å²) < 4.78 is 25.9. The number of hydrogen-bond donors (Lipinski definition) is 3. The minimum Gasteiger partial charge on any atom is -0.480 e. The SMILES string of the molecule is CN(CC(=O)NCC(=O)O)CC(=O)Nc1cc(F)cc(F)c1. The van der Waals surface area contributed by atoms with Crippen LogP contribution in [0.3, 0.4) is 0 Å². The summed E-state index contributed by atoms with van der Waals surface area (Å²) in [5.41, 5.74) is -0.0359. The lowest BCUT2D eigenvalue weighted by Crippen LogP contribution is -2.40. The number of likely N-dealkylation sites (N-methyl/N-ethyl adjacent to an activating group) is 1. The summed E-state index contributed by atoms with van der Waals surface area (Å²) >= 11 is 0. The smallest absolute Gasteiger partial charge is 0.322 e. The van der Waals surface area contributed by atoms with Gasteiger partial charge in [0.05, 0.1) is 13.1 Å². The van der Waals surface area contributed by atoms with Gasteiger partial charge in [0.2, 0.25) is 11.8 Å². The Morgan fingerprint density at radius 3 is 2.18 bits per heavy atom. The highest BCUT2D eigenvalue weighted by atomic mass is 19.1. The number of nitrogens with one attached hydrogen (secondary N) is 2. The summed E-state index contributed by atoms with van der Waals surface area (Å²) in [7, 11) is 1.46. The van der Waals surface area contributed by atoms with E-state index in [1.807, 2.05) is 0 Å². The molecule has 3 N–H and O–H groups in total. The minimum atomic E-state index is -1.18. The van der Waals surface area contributed by atoms with Crippen LogP contribution in [0.4, 0.5) is 14.5 Å². The van der Waals surface area contributed by atoms with Crippen molar-refractivity contribution in [2.45, 2.75) is 0 Å². The molecule has 0 bridgehead atoms. The number of carbonyl (C=O) groups excluding carboxylic acids is 2. The van der Waals surface area contributed by atoms with Gasteiger partial charge in [0.1, 0.15) is 18.2 Å². The molecule has 0 aliphatic heterocycles. The minimum absolute atomic E-state index is 0.0359. The van der Waals surface area contributed by atoms with Crippen LogP contribution >= 0.6 is 0 Å². The third-order valence-electron chi connectivity index (χ3n) is 2.41. The van der Waals surface area contributed by atoms with Crippen LogP contribution in [0.1, 0.15) is 0 Å². The second-order valence-corrected chi connectivity index (χ2v) is 4.55. The van der Waals surface area contributed by atoms with E-state index in [0.29, 0.717) is 6.07 Å². The molecule has 0 saturated heterocycles. The van der Waals surface area contributed by atoms with Gasteiger partial charge in [-0.3, -0.25) is 19.3 Å². The number of hydrogen-bond acceptors (Lipinski definition) is 4. The Morgan fingerprint density at radius 1 is 1.09 bits per heavy atom. The lowest BCUT2D eigenvalue weighted by molar-refractivity contribution is -0.138. The first-order valence-electron chi connectivity index (χ1n) is 6.19. The molecule has 0 aliphatic carbocycles. The monoisotopic (exact) mass is 315 g/mol. The topological polar surface area (TPSA) is 98.7 Å². The maximum absolute atomic E-state index is 13.0. The van der Waals surface area contributed by atoms with E-state index < -0.39 is 36.0 Å². The van der Waals surface area contributed by atoms with Crippen LogP contribution in [0, 0.1) is 11.6 Å². The number of anilines is 1. The predicted octanol–water partition coefficient (Wildman–Crippen LogP) is 0.0359. The highest BCUT2D eigenvalue weighted by molar-refractivity contribution is 5.92. The van der Waals surface area contributed by atoms with E-state index in [-0.39, 0.29) is 18.8 Å². The van der Waals surface area contributed by atoms with Crippen LogP contribution in [-0.4, -0.2) is 54.5 Å². The zero-order valence-electron chi connectivity index (χ0n) is 11.7. The highest BCUT2D eigenvalue weighted by Gasteiger charge is 2.12. The number of carboxylic acid groups (broad SMARTS) is 1. The van der Waals surface area contributed by atoms with Gasteiger partial charge in [-0.05, 0) is 19.2 Å². The first-order valence-corrected chi connectivity index (χ1v) is 6.19. The van der Waals surface area contributed by atoms with Gasteiger partial charge in [-0.15, -0.1) is 0 Å². The summed E-state index contributed by atoms with van der Waals surface area (Å²) in [5.74, 6) is -3.96. The van der Waals surface area contributed by atoms with E-state index >= 15 is 0 Å². The van der Waals surface area contributed by atoms with Gasteiger partial charge >= 0.3 is 5.97 Å². The first kappa shape index (κ1) is 17.5. The molecule has 7 nitrogen and oxygen atoms in total. The average Bonchev–Trinajstić information content (AvgIpc) is 2.34. The van der Waals surface area contributed by atoms with Gasteiger partial charge in [-0.25, -0.2) is 8.78 Å². The van der Waals surface area contributed by atoms with Crippen molar-refractivity contribution in [3.8, 4) is 0 Å². The Kier molecular flexibility index (Phi) is 6.39. The Labute approximate surface area is 124 Å². The van der Waals surface area contributed by atoms with Gasteiger partial charge in [-0.2, -0.15) is 0 Å². The van der Waals surface area contributed by atoms with Gasteiger partial charge in [0.15, 0.2) is 0 Å². The molecule has 2 amide bonds. The van der Waals surface area contributed by atoms with Gasteiger partial charge in [0.25, 0.3) is 0 Å². The number of aliphatic carboxylic acids is 1. The van der Waals surface area contributed by atoms with Crippen molar-refractivity contribution in [2.75, 3.05) is 32.0 Å². The molecule has 0 heterocycles. The number of nitrogens with zero attached hydrogens (tertiary/aromatic N) is 1. The molecule has 0 spiro atoms. The number of amides is 2. The van der Waals surface area contributed by atoms with E-state index in [4.69, 9.17) is 5.11 Å². The molecule has 0 radical (unpaired) electrons. The van der Waals surface area contributed by atoms with Gasteiger partial charge < -0.3 is 15.7 Å². The summed E-state index contributed by atoms with van der Waals surface area (Å²) in [4.78, 5) is 34.6. The van der Waals surface area contributed by atoms with Crippen LogP contribution < -0.4 is 10.6 Å². The molecule has 1 aromatic carbocycles. The van der Waals surface area contributed by atoms with E-state index in [1.165, 1.54) is 11.9 Å². The number of carboxylic acids is 1. The molecule has 1 rings (SSSR count). The van der Waals surface area contributed by atoms with Gasteiger partial charge in [0, 0.05) is 11.8 Å². The van der Waals surface area contributed by atoms with Crippen molar-refractivity contribution in [1.82, 2.24) is 10.2 Å². The lowest BCUT2D eigenvalue weighted by Gasteiger charge is -2.15. The largest absolute Gasteiger partial charge is 0.480 e. The summed E-state index contributed by atoms with van der Waals surface area (Å²) in [6.45, 7) is -0.918. The summed E-state index contributed by atoms with van der Waals surface area (Å²) in [6.07, 6.45) is 0. The second-order valence-electron chi connectivity index (χ2n) is 4.55. The van der Waals surface area contributed by atoms with Crippen molar-refractivity contribution in [2.24, 2.45) is 0 Å². The molecule has 1 aromatic rings. The molecule has 22 heavy (non-hydrogen) atoms. The highest BCUT2D eigenvalue weighted by Crippen LogP contribution is 2.12. The van der Waals surface area contributed by atoms with Crippen molar-refractivity contribution in [3.63, 3.8) is 0 Å². The Hall–Kier alpha value is -2.55. The fraction of sp³-hybridized carbons (Fsp3) is 0.308. The van der Waals surface area contributed by atoms with Crippen molar-refractivity contribution in [1.29, 1.82) is 0 Å². The van der Waals surface area contributed by atoms with Gasteiger partial charge in [-0.1, -0.05) is 0 Å². The quantitative estimate of drug-likeness (QED) is 0.660. The van der Waals surface area contributed by atoms with Crippen molar-refractivity contribution < 1.29 is 28.3 Å². The van der Waals surface area contributed by atoms with E-state index in [1.54, 1.807) is 0 Å². The molecule has 0 saturated carbocycles. The van der Waals surface area contributed by atoms with Crippen molar-refractivity contribution >= 4 is 23.5 Å². The van der Waals surface area contributed by atoms with E-state index in [0.717, 1.165) is 12.1 Å². The molecule has 9 heteroatoms. The maximum Gasteiger partial charge on any atom is 0.322 e. The third-order valence-corrected chi connectivity index (χ3v) is 2.41. The van der Waals surface area contributed by atoms with E-state index in [9.17, 15) is 23.2 Å². The summed E-state index contributed by atoms with van der Waals surface area (Å²) in [5, 5.41) is 12.8. The molecule has 0 aliphatic rings. The molecule has 0 aromatic heterocycles. The number of carbonyl (C=O) groups is 3. The van der Waals surface area contributed by atoms with Crippen molar-refractivity contribution in [3.05, 3.63) is 29.8 Å². The number of rotatable bonds is 7. The molecular formula is C13H15F2N3O4. The van der Waals surface area contributed by atoms with Crippen LogP contribution in [0.2, 0.25) is 0 Å². The Morgan fingerprint density at radius 2 is 1.64 bits per heavy atom. The fourth-order valence-electron chi connectivity index (χ4n) is 1.60. The van der Waals surface area contributed by atoms with Crippen LogP contribution in [0.5, 0.6) is 0 Å². The first-order chi connectivity index (χ1) is 10.3. The normalized spacial score (nSPS) is 10.4. The second kappa shape index (κ2) is 8.03. The molecule has 0 unspecified atom stereocenters. The predicted molar refractivity (Wildman–Crippen MR) is 73.1 cm³/mol. The fourth-order valence-corrected chi connectivity index (χ4v) is 1.60. The summed E-state index contributed by atoms with van der Waals surface area (Å²) in [6, 6.07) is 2.59. The third kappa shape index (κ3) is 6.75. The number of benzene rings is 1. The van der Waals surface area contributed by atoms with Crippen LogP contribution in [-0.2, 0) is 14.4 Å². The average molecular weight is 315 g/mol. The standard InChI is InChI=1S/C13H15F2N3O4/c1-18(6-11(19)16-5-13(21)22)7-12(20)17-10-3-8(14)2-9(15)4-10/h2-4H,5-7H2,1H3,(H,16,19)(H,17,20)(H,21,22). The zero-order valence-corrected chi connectivity index (χ0v) is 11.7. The Bertz CT molecular complexity index is 560. The molecular weight excluding hydrogens is 300 g/mol. The van der Waals surface area contributed by atoms with E-state index in [2.05, 4.69) is 10.6 Å². The molecule has 0 atom stereocenters. The molecule has 0 fully saturated rings. The molecule has 120 valence electrons. The lowest BCUT2D eigenvalue weighted by atomic mass is 10.3. The van der Waals surface area contributed by atoms with Crippen LogP contribution in [0.15, 0.2) is 18.2 Å². The van der Waals surface area contributed by atoms with Crippen LogP contribution in [0.25, 0.3) is 0 Å². The Balaban J connectivity index is 2.43. The maximum atomic E-state index is 13.0. The number of halogens is 2.